The van der Waals surface area contributed by atoms with Crippen molar-refractivity contribution in [1.29, 1.82) is 0 Å². The molecule has 2 N–H and O–H groups in total. The number of carbonyl (C=O) groups is 1. The van der Waals surface area contributed by atoms with Crippen molar-refractivity contribution in [3.05, 3.63) is 101 Å². The molecule has 170 valence electrons. The van der Waals surface area contributed by atoms with Gasteiger partial charge < -0.3 is 15.4 Å². The quantitative estimate of drug-likeness (QED) is 0.279. The Morgan fingerprint density at radius 3 is 2.41 bits per heavy atom. The highest BCUT2D eigenvalue weighted by atomic mass is 16.6. The number of hydrogen-bond acceptors (Lipinski definition) is 7. The number of nitro groups is 1. The predicted octanol–water partition coefficient (Wildman–Crippen LogP) is 5.12. The maximum atomic E-state index is 12.3. The Balaban J connectivity index is 1.39. The summed E-state index contributed by atoms with van der Waals surface area (Å²) in [6.07, 6.45) is 0. The Bertz CT molecular complexity index is 1310. The maximum Gasteiger partial charge on any atom is 0.269 e. The zero-order chi connectivity index (χ0) is 23.9. The molecule has 0 bridgehead atoms. The number of hydrogen-bond donors (Lipinski definition) is 2. The second-order valence-corrected chi connectivity index (χ2v) is 7.35. The molecule has 9 heteroatoms. The van der Waals surface area contributed by atoms with E-state index in [9.17, 15) is 14.9 Å². The summed E-state index contributed by atoms with van der Waals surface area (Å²) in [6.45, 7) is 1.60. The first-order chi connectivity index (χ1) is 16.5. The van der Waals surface area contributed by atoms with Crippen molar-refractivity contribution >= 4 is 28.8 Å². The lowest BCUT2D eigenvalue weighted by Crippen LogP contribution is -2.20. The summed E-state index contributed by atoms with van der Waals surface area (Å²) < 4.78 is 5.40. The van der Waals surface area contributed by atoms with Crippen molar-refractivity contribution in [2.75, 3.05) is 17.2 Å². The Hall–Kier alpha value is -4.79. The van der Waals surface area contributed by atoms with Crippen LogP contribution in [0.1, 0.15) is 5.82 Å². The summed E-state index contributed by atoms with van der Waals surface area (Å²) in [5.74, 6) is 1.28. The van der Waals surface area contributed by atoms with Gasteiger partial charge in [-0.1, -0.05) is 36.4 Å². The molecular formula is C25H21N5O4. The fourth-order valence-corrected chi connectivity index (χ4v) is 3.22. The van der Waals surface area contributed by atoms with E-state index in [1.807, 2.05) is 49.4 Å². The van der Waals surface area contributed by atoms with Crippen molar-refractivity contribution in [3.63, 3.8) is 0 Å². The lowest BCUT2D eigenvalue weighted by Gasteiger charge is -2.11. The molecule has 0 aliphatic rings. The van der Waals surface area contributed by atoms with Crippen molar-refractivity contribution in [2.24, 2.45) is 0 Å². The Morgan fingerprint density at radius 1 is 0.941 bits per heavy atom. The first-order valence-corrected chi connectivity index (χ1v) is 10.4. The molecule has 0 unspecified atom stereocenters. The van der Waals surface area contributed by atoms with Gasteiger partial charge in [0, 0.05) is 35.1 Å². The summed E-state index contributed by atoms with van der Waals surface area (Å²) in [7, 11) is 0. The van der Waals surface area contributed by atoms with E-state index in [1.165, 1.54) is 24.3 Å². The molecule has 0 spiro atoms. The lowest BCUT2D eigenvalue weighted by atomic mass is 10.1. The Morgan fingerprint density at radius 2 is 1.68 bits per heavy atom. The highest BCUT2D eigenvalue weighted by molar-refractivity contribution is 5.92. The van der Waals surface area contributed by atoms with Crippen LogP contribution in [0.5, 0.6) is 5.75 Å². The second kappa shape index (κ2) is 10.2. The van der Waals surface area contributed by atoms with E-state index in [-0.39, 0.29) is 18.2 Å². The first-order valence-electron chi connectivity index (χ1n) is 10.4. The van der Waals surface area contributed by atoms with Crippen molar-refractivity contribution in [2.45, 2.75) is 6.92 Å². The Kier molecular flexibility index (Phi) is 6.73. The molecule has 1 heterocycles. The van der Waals surface area contributed by atoms with Gasteiger partial charge in [-0.3, -0.25) is 14.9 Å². The number of anilines is 3. The number of nitrogens with zero attached hydrogens (tertiary/aromatic N) is 3. The second-order valence-electron chi connectivity index (χ2n) is 7.35. The summed E-state index contributed by atoms with van der Waals surface area (Å²) in [6, 6.07) is 24.4. The molecule has 0 atom stereocenters. The topological polar surface area (TPSA) is 119 Å². The van der Waals surface area contributed by atoms with Gasteiger partial charge in [0.1, 0.15) is 17.4 Å². The van der Waals surface area contributed by atoms with Gasteiger partial charge in [-0.2, -0.15) is 0 Å². The summed E-state index contributed by atoms with van der Waals surface area (Å²) in [5, 5.41) is 16.7. The maximum absolute atomic E-state index is 12.3. The van der Waals surface area contributed by atoms with Crippen LogP contribution in [0, 0.1) is 17.0 Å². The van der Waals surface area contributed by atoms with Crippen LogP contribution in [0.2, 0.25) is 0 Å². The number of non-ortho nitro benzene ring substituents is 1. The largest absolute Gasteiger partial charge is 0.484 e. The number of rotatable bonds is 8. The number of aryl methyl sites for hydroxylation is 1. The zero-order valence-corrected chi connectivity index (χ0v) is 18.3. The van der Waals surface area contributed by atoms with Crippen LogP contribution in [0.3, 0.4) is 0 Å². The van der Waals surface area contributed by atoms with Gasteiger partial charge in [-0.25, -0.2) is 9.97 Å². The third-order valence-electron chi connectivity index (χ3n) is 4.74. The minimum atomic E-state index is -0.497. The van der Waals surface area contributed by atoms with Gasteiger partial charge >= 0.3 is 0 Å². The van der Waals surface area contributed by atoms with Crippen LogP contribution in [0.25, 0.3) is 11.3 Å². The van der Waals surface area contributed by atoms with E-state index in [2.05, 4.69) is 20.6 Å². The molecule has 0 radical (unpaired) electrons. The molecule has 0 aliphatic heterocycles. The third kappa shape index (κ3) is 5.92. The molecule has 1 aromatic heterocycles. The van der Waals surface area contributed by atoms with Crippen LogP contribution in [-0.4, -0.2) is 27.4 Å². The summed E-state index contributed by atoms with van der Waals surface area (Å²) >= 11 is 0. The molecule has 0 fully saturated rings. The molecule has 0 saturated heterocycles. The molecule has 0 aliphatic carbocycles. The number of amides is 1. The van der Waals surface area contributed by atoms with Gasteiger partial charge in [-0.05, 0) is 37.3 Å². The standard InChI is InChI=1S/C25H21N5O4/c1-17-26-23(18-6-3-2-4-7-18)15-24(27-17)28-19-8-5-9-20(14-19)29-25(31)16-34-22-12-10-21(11-13-22)30(32)33/h2-15H,16H2,1H3,(H,29,31)(H,26,27,28). The number of carbonyl (C=O) groups excluding carboxylic acids is 1. The molecule has 0 saturated carbocycles. The van der Waals surface area contributed by atoms with Gasteiger partial charge in [0.2, 0.25) is 0 Å². The molecular weight excluding hydrogens is 434 g/mol. The number of benzene rings is 3. The predicted molar refractivity (Wildman–Crippen MR) is 129 cm³/mol. The number of ether oxygens (including phenoxy) is 1. The van der Waals surface area contributed by atoms with Crippen molar-refractivity contribution in [3.8, 4) is 17.0 Å². The average Bonchev–Trinajstić information content (AvgIpc) is 2.83. The van der Waals surface area contributed by atoms with Gasteiger partial charge in [0.25, 0.3) is 11.6 Å². The number of aromatic nitrogens is 2. The Labute approximate surface area is 195 Å². The van der Waals surface area contributed by atoms with E-state index in [1.54, 1.807) is 18.2 Å². The van der Waals surface area contributed by atoms with Crippen LogP contribution in [-0.2, 0) is 4.79 Å². The number of nitro benzene ring substituents is 1. The molecule has 9 nitrogen and oxygen atoms in total. The molecule has 1 amide bonds. The smallest absolute Gasteiger partial charge is 0.269 e. The fourth-order valence-electron chi connectivity index (χ4n) is 3.22. The average molecular weight is 455 g/mol. The lowest BCUT2D eigenvalue weighted by molar-refractivity contribution is -0.384. The minimum Gasteiger partial charge on any atom is -0.484 e. The van der Waals surface area contributed by atoms with Crippen LogP contribution in [0.15, 0.2) is 84.9 Å². The molecule has 3 aromatic carbocycles. The van der Waals surface area contributed by atoms with E-state index in [0.29, 0.717) is 23.1 Å². The van der Waals surface area contributed by atoms with Crippen LogP contribution >= 0.6 is 0 Å². The molecule has 34 heavy (non-hydrogen) atoms. The van der Waals surface area contributed by atoms with E-state index < -0.39 is 4.92 Å². The number of nitrogens with one attached hydrogen (secondary N) is 2. The van der Waals surface area contributed by atoms with E-state index >= 15 is 0 Å². The summed E-state index contributed by atoms with van der Waals surface area (Å²) in [5.41, 5.74) is 3.08. The SMILES string of the molecule is Cc1nc(Nc2cccc(NC(=O)COc3ccc([N+](=O)[O-])cc3)c2)cc(-c2ccccc2)n1. The minimum absolute atomic E-state index is 0.0455. The van der Waals surface area contributed by atoms with Crippen molar-refractivity contribution in [1.82, 2.24) is 9.97 Å². The van der Waals surface area contributed by atoms with E-state index in [0.717, 1.165) is 16.9 Å². The zero-order valence-electron chi connectivity index (χ0n) is 18.3. The van der Waals surface area contributed by atoms with Crippen LogP contribution in [0.4, 0.5) is 22.9 Å². The molecule has 4 aromatic rings. The van der Waals surface area contributed by atoms with Gasteiger partial charge in [-0.15, -0.1) is 0 Å². The fraction of sp³-hybridized carbons (Fsp3) is 0.0800. The third-order valence-corrected chi connectivity index (χ3v) is 4.74. The van der Waals surface area contributed by atoms with Crippen LogP contribution < -0.4 is 15.4 Å². The van der Waals surface area contributed by atoms with Crippen molar-refractivity contribution < 1.29 is 14.5 Å². The highest BCUT2D eigenvalue weighted by Gasteiger charge is 2.09. The highest BCUT2D eigenvalue weighted by Crippen LogP contribution is 2.24. The van der Waals surface area contributed by atoms with Gasteiger partial charge in [0.05, 0.1) is 10.6 Å². The van der Waals surface area contributed by atoms with Gasteiger partial charge in [0.15, 0.2) is 6.61 Å². The monoisotopic (exact) mass is 455 g/mol. The first kappa shape index (κ1) is 22.4. The van der Waals surface area contributed by atoms with E-state index in [4.69, 9.17) is 4.74 Å². The molecule has 4 rings (SSSR count). The normalized spacial score (nSPS) is 10.4. The summed E-state index contributed by atoms with van der Waals surface area (Å²) in [4.78, 5) is 31.5.